The minimum Gasteiger partial charge on any atom is -0.295 e. The van der Waals surface area contributed by atoms with Crippen molar-refractivity contribution in [1.82, 2.24) is 8.83 Å². The molecule has 1 aliphatic rings. The first kappa shape index (κ1) is 7.71. The topological polar surface area (TPSA) is 6.48 Å². The van der Waals surface area contributed by atoms with E-state index < -0.39 is 6.30 Å². The number of alkyl halides is 3. The summed E-state index contributed by atoms with van der Waals surface area (Å²) in [5.41, 5.74) is 0. The van der Waals surface area contributed by atoms with Gasteiger partial charge in [0.15, 0.2) is 0 Å². The second-order valence-electron chi connectivity index (χ2n) is 1.78. The first-order valence-electron chi connectivity index (χ1n) is 2.44. The molecule has 0 atom stereocenters. The third kappa shape index (κ3) is 1.56. The molecule has 0 saturated heterocycles. The average Bonchev–Trinajstić information content (AvgIpc) is 2.11. The van der Waals surface area contributed by atoms with Gasteiger partial charge in [-0.3, -0.25) is 8.83 Å². The normalized spacial score (nSPS) is 18.8. The van der Waals surface area contributed by atoms with E-state index >= 15 is 0 Å². The molecule has 0 unspecified atom stereocenters. The zero-order valence-corrected chi connectivity index (χ0v) is 6.35. The summed E-state index contributed by atoms with van der Waals surface area (Å²) in [6, 6.07) is 0. The molecular formula is C4H4BrF3N2. The van der Waals surface area contributed by atoms with Crippen molar-refractivity contribution in [3.05, 3.63) is 12.4 Å². The molecule has 0 aromatic carbocycles. The van der Waals surface area contributed by atoms with Gasteiger partial charge in [0.25, 0.3) is 0 Å². The quantitative estimate of drug-likeness (QED) is 0.451. The van der Waals surface area contributed by atoms with E-state index in [0.29, 0.717) is 0 Å². The standard InChI is InChI=1S/C4H4BrF3N2/c5-10-2-1-9(3-10)4(6,7)8/h1-2H,3H2. The maximum atomic E-state index is 11.8. The first-order chi connectivity index (χ1) is 4.50. The van der Waals surface area contributed by atoms with Crippen molar-refractivity contribution in [2.45, 2.75) is 6.30 Å². The van der Waals surface area contributed by atoms with Gasteiger partial charge in [-0.2, -0.15) is 13.2 Å². The number of hydrogen-bond acceptors (Lipinski definition) is 2. The third-order valence-electron chi connectivity index (χ3n) is 1.02. The van der Waals surface area contributed by atoms with Crippen LogP contribution in [0.2, 0.25) is 0 Å². The van der Waals surface area contributed by atoms with Gasteiger partial charge in [-0.1, -0.05) is 0 Å². The molecule has 1 rings (SSSR count). The van der Waals surface area contributed by atoms with Gasteiger partial charge in [-0.05, 0) is 0 Å². The van der Waals surface area contributed by atoms with Crippen LogP contribution in [0.1, 0.15) is 0 Å². The Morgan fingerprint density at radius 2 is 1.90 bits per heavy atom. The molecule has 0 aliphatic carbocycles. The Kier molecular flexibility index (Phi) is 1.80. The fourth-order valence-electron chi connectivity index (χ4n) is 0.557. The van der Waals surface area contributed by atoms with E-state index in [4.69, 9.17) is 0 Å². The Balaban J connectivity index is 2.55. The number of halogens is 4. The van der Waals surface area contributed by atoms with Gasteiger partial charge in [-0.25, -0.2) is 0 Å². The molecule has 1 heterocycles. The van der Waals surface area contributed by atoms with E-state index in [1.54, 1.807) is 0 Å². The highest BCUT2D eigenvalue weighted by molar-refractivity contribution is 9.07. The summed E-state index contributed by atoms with van der Waals surface area (Å²) in [6.45, 7) is -0.191. The van der Waals surface area contributed by atoms with E-state index in [1.165, 1.54) is 10.1 Å². The van der Waals surface area contributed by atoms with Crippen LogP contribution in [0.4, 0.5) is 13.2 Å². The lowest BCUT2D eigenvalue weighted by Gasteiger charge is -2.19. The molecule has 1 aliphatic heterocycles. The largest absolute Gasteiger partial charge is 0.485 e. The zero-order valence-electron chi connectivity index (χ0n) is 4.77. The molecule has 0 aromatic rings. The van der Waals surface area contributed by atoms with Gasteiger partial charge in [-0.15, -0.1) is 0 Å². The van der Waals surface area contributed by atoms with Gasteiger partial charge in [0.2, 0.25) is 0 Å². The SMILES string of the molecule is FC(F)(F)N1C=CN(Br)C1. The number of nitrogens with zero attached hydrogens (tertiary/aromatic N) is 2. The van der Waals surface area contributed by atoms with Crippen molar-refractivity contribution in [3.63, 3.8) is 0 Å². The Bertz CT molecular complexity index is 155. The average molecular weight is 217 g/mol. The summed E-state index contributed by atoms with van der Waals surface area (Å²) in [6.07, 6.45) is -2.00. The lowest BCUT2D eigenvalue weighted by atomic mass is 10.8. The maximum absolute atomic E-state index is 11.8. The van der Waals surface area contributed by atoms with Crippen LogP contribution in [0.3, 0.4) is 0 Å². The molecule has 0 fully saturated rings. The molecule has 58 valence electrons. The van der Waals surface area contributed by atoms with Crippen molar-refractivity contribution in [1.29, 1.82) is 0 Å². The molecule has 0 saturated carbocycles. The number of rotatable bonds is 0. The summed E-state index contributed by atoms with van der Waals surface area (Å²) in [5.74, 6) is 0. The molecule has 2 nitrogen and oxygen atoms in total. The maximum Gasteiger partial charge on any atom is 0.485 e. The van der Waals surface area contributed by atoms with Gasteiger partial charge in [0.05, 0.1) is 16.1 Å². The van der Waals surface area contributed by atoms with Crippen LogP contribution in [0.5, 0.6) is 0 Å². The van der Waals surface area contributed by atoms with Crippen LogP contribution in [0.15, 0.2) is 12.4 Å². The van der Waals surface area contributed by atoms with Crippen molar-refractivity contribution in [2.24, 2.45) is 0 Å². The van der Waals surface area contributed by atoms with Crippen LogP contribution in [0, 0.1) is 0 Å². The molecule has 0 aromatic heterocycles. The summed E-state index contributed by atoms with van der Waals surface area (Å²) >= 11 is 2.88. The highest BCUT2D eigenvalue weighted by atomic mass is 79.9. The van der Waals surface area contributed by atoms with Crippen molar-refractivity contribution in [3.8, 4) is 0 Å². The van der Waals surface area contributed by atoms with E-state index in [1.807, 2.05) is 0 Å². The lowest BCUT2D eigenvalue weighted by molar-refractivity contribution is -0.227. The van der Waals surface area contributed by atoms with E-state index in [2.05, 4.69) is 16.1 Å². The molecule has 0 amide bonds. The Morgan fingerprint density at radius 3 is 2.10 bits per heavy atom. The Labute approximate surface area is 64.2 Å². The van der Waals surface area contributed by atoms with Crippen LogP contribution in [0.25, 0.3) is 0 Å². The molecule has 0 bridgehead atoms. The van der Waals surface area contributed by atoms with Gasteiger partial charge < -0.3 is 0 Å². The summed E-state index contributed by atoms with van der Waals surface area (Å²) < 4.78 is 36.5. The van der Waals surface area contributed by atoms with Crippen LogP contribution < -0.4 is 0 Å². The summed E-state index contributed by atoms with van der Waals surface area (Å²) in [7, 11) is 0. The van der Waals surface area contributed by atoms with E-state index in [-0.39, 0.29) is 11.6 Å². The smallest absolute Gasteiger partial charge is 0.295 e. The van der Waals surface area contributed by atoms with Crippen molar-refractivity contribution < 1.29 is 13.2 Å². The van der Waals surface area contributed by atoms with Gasteiger partial charge in [0.1, 0.15) is 6.67 Å². The second-order valence-corrected chi connectivity index (χ2v) is 2.69. The molecule has 0 N–H and O–H groups in total. The Hall–Kier alpha value is -0.390. The molecule has 0 radical (unpaired) electrons. The fraction of sp³-hybridized carbons (Fsp3) is 0.500. The Morgan fingerprint density at radius 1 is 1.30 bits per heavy atom. The van der Waals surface area contributed by atoms with Crippen LogP contribution in [-0.4, -0.2) is 21.8 Å². The van der Waals surface area contributed by atoms with Crippen LogP contribution in [-0.2, 0) is 0 Å². The zero-order chi connectivity index (χ0) is 7.78. The first-order valence-corrected chi connectivity index (χ1v) is 3.15. The summed E-state index contributed by atoms with van der Waals surface area (Å²) in [5, 5.41) is 0. The second kappa shape index (κ2) is 2.34. The predicted octanol–water partition coefficient (Wildman–Crippen LogP) is 1.86. The minimum absolute atomic E-state index is 0.191. The molecule has 6 heteroatoms. The fourth-order valence-corrected chi connectivity index (χ4v) is 0.905. The van der Waals surface area contributed by atoms with Crippen LogP contribution >= 0.6 is 16.1 Å². The summed E-state index contributed by atoms with van der Waals surface area (Å²) in [4.78, 5) is 0.266. The highest BCUT2D eigenvalue weighted by Crippen LogP contribution is 2.25. The highest BCUT2D eigenvalue weighted by Gasteiger charge is 2.37. The van der Waals surface area contributed by atoms with Crippen molar-refractivity contribution in [2.75, 3.05) is 6.67 Å². The van der Waals surface area contributed by atoms with E-state index in [0.717, 1.165) is 6.20 Å². The predicted molar refractivity (Wildman–Crippen MR) is 32.7 cm³/mol. The molecular weight excluding hydrogens is 213 g/mol. The van der Waals surface area contributed by atoms with Crippen molar-refractivity contribution >= 4 is 16.1 Å². The lowest BCUT2D eigenvalue weighted by Crippen LogP contribution is -2.33. The number of hydrogen-bond donors (Lipinski definition) is 0. The van der Waals surface area contributed by atoms with Gasteiger partial charge >= 0.3 is 6.30 Å². The minimum atomic E-state index is -4.26. The van der Waals surface area contributed by atoms with Gasteiger partial charge in [0, 0.05) is 12.4 Å². The molecule has 10 heavy (non-hydrogen) atoms. The monoisotopic (exact) mass is 216 g/mol. The van der Waals surface area contributed by atoms with E-state index in [9.17, 15) is 13.2 Å². The molecule has 0 spiro atoms. The third-order valence-corrected chi connectivity index (χ3v) is 1.48.